The van der Waals surface area contributed by atoms with Crippen molar-refractivity contribution in [1.82, 2.24) is 20.2 Å². The quantitative estimate of drug-likeness (QED) is 0.712. The number of ketones is 1. The molecule has 0 aliphatic carbocycles. The van der Waals surface area contributed by atoms with Crippen molar-refractivity contribution >= 4 is 17.4 Å². The van der Waals surface area contributed by atoms with Gasteiger partial charge in [0.05, 0.1) is 5.56 Å². The third kappa shape index (κ3) is 3.80. The number of anilines is 1. The highest BCUT2D eigenvalue weighted by molar-refractivity contribution is 5.97. The predicted octanol–water partition coefficient (Wildman–Crippen LogP) is 2.63. The van der Waals surface area contributed by atoms with E-state index in [9.17, 15) is 14.0 Å². The third-order valence-corrected chi connectivity index (χ3v) is 3.71. The molecule has 26 heavy (non-hydrogen) atoms. The highest BCUT2D eigenvalue weighted by Gasteiger charge is 2.16. The lowest BCUT2D eigenvalue weighted by molar-refractivity contribution is -0.114. The van der Waals surface area contributed by atoms with E-state index in [1.54, 1.807) is 0 Å². The number of tetrazole rings is 1. The number of rotatable bonds is 5. The Labute approximate surface area is 148 Å². The first kappa shape index (κ1) is 17.4. The molecule has 0 unspecified atom stereocenters. The zero-order valence-corrected chi connectivity index (χ0v) is 14.2. The largest absolute Gasteiger partial charge is 0.326 e. The minimum Gasteiger partial charge on any atom is -0.326 e. The molecule has 3 rings (SSSR count). The molecular formula is C18H16FN5O2. The van der Waals surface area contributed by atoms with Crippen LogP contribution in [0.15, 0.2) is 42.5 Å². The van der Waals surface area contributed by atoms with Crippen molar-refractivity contribution in [3.05, 3.63) is 59.4 Å². The van der Waals surface area contributed by atoms with Gasteiger partial charge in [0, 0.05) is 18.2 Å². The lowest BCUT2D eigenvalue weighted by atomic mass is 10.1. The molecule has 1 heterocycles. The molecule has 7 nitrogen and oxygen atoms in total. The van der Waals surface area contributed by atoms with Gasteiger partial charge >= 0.3 is 0 Å². The summed E-state index contributed by atoms with van der Waals surface area (Å²) in [6.07, 6.45) is 0. The molecule has 0 atom stereocenters. The van der Waals surface area contributed by atoms with Gasteiger partial charge < -0.3 is 5.32 Å². The Balaban J connectivity index is 1.77. The maximum Gasteiger partial charge on any atom is 0.221 e. The lowest BCUT2D eigenvalue weighted by Crippen LogP contribution is -2.15. The summed E-state index contributed by atoms with van der Waals surface area (Å²) in [5.41, 5.74) is 1.98. The minimum absolute atomic E-state index is 0.103. The molecule has 0 fully saturated rings. The fourth-order valence-electron chi connectivity index (χ4n) is 2.48. The van der Waals surface area contributed by atoms with E-state index in [2.05, 4.69) is 20.7 Å². The standard InChI is InChI=1S/C18H16FN5O2/c1-11-5-3-4-6-14(11)18-21-23-24(22-18)10-17(26)15-8-7-13(9-16(15)19)20-12(2)25/h3-9H,10H2,1-2H3,(H,20,25). The van der Waals surface area contributed by atoms with Crippen molar-refractivity contribution in [2.75, 3.05) is 5.32 Å². The van der Waals surface area contributed by atoms with Gasteiger partial charge in [-0.05, 0) is 35.9 Å². The summed E-state index contributed by atoms with van der Waals surface area (Å²) in [4.78, 5) is 24.5. The van der Waals surface area contributed by atoms with Gasteiger partial charge in [-0.25, -0.2) is 4.39 Å². The van der Waals surface area contributed by atoms with E-state index in [0.29, 0.717) is 5.82 Å². The van der Waals surface area contributed by atoms with Gasteiger partial charge in [-0.2, -0.15) is 4.80 Å². The number of halogens is 1. The first-order valence-corrected chi connectivity index (χ1v) is 7.88. The van der Waals surface area contributed by atoms with Crippen LogP contribution in [0.1, 0.15) is 22.8 Å². The number of amides is 1. The molecule has 8 heteroatoms. The summed E-state index contributed by atoms with van der Waals surface area (Å²) < 4.78 is 14.1. The van der Waals surface area contributed by atoms with Crippen LogP contribution in [-0.4, -0.2) is 31.9 Å². The first-order chi connectivity index (χ1) is 12.4. The van der Waals surface area contributed by atoms with Crippen molar-refractivity contribution < 1.29 is 14.0 Å². The van der Waals surface area contributed by atoms with Crippen LogP contribution in [0.4, 0.5) is 10.1 Å². The lowest BCUT2D eigenvalue weighted by Gasteiger charge is -2.05. The monoisotopic (exact) mass is 353 g/mol. The second kappa shape index (κ2) is 7.22. The van der Waals surface area contributed by atoms with Crippen LogP contribution in [0.5, 0.6) is 0 Å². The number of aryl methyl sites for hydroxylation is 1. The number of nitrogens with one attached hydrogen (secondary N) is 1. The third-order valence-electron chi connectivity index (χ3n) is 3.71. The van der Waals surface area contributed by atoms with Crippen LogP contribution in [0, 0.1) is 12.7 Å². The zero-order chi connectivity index (χ0) is 18.7. The van der Waals surface area contributed by atoms with Crippen molar-refractivity contribution in [3.8, 4) is 11.4 Å². The van der Waals surface area contributed by atoms with Crippen molar-refractivity contribution in [2.24, 2.45) is 0 Å². The number of carbonyl (C=O) groups excluding carboxylic acids is 2. The summed E-state index contributed by atoms with van der Waals surface area (Å²) >= 11 is 0. The normalized spacial score (nSPS) is 10.6. The molecule has 132 valence electrons. The van der Waals surface area contributed by atoms with E-state index in [1.165, 1.54) is 19.1 Å². The molecular weight excluding hydrogens is 337 g/mol. The molecule has 0 bridgehead atoms. The molecule has 0 spiro atoms. The summed E-state index contributed by atoms with van der Waals surface area (Å²) in [5.74, 6) is -1.14. The van der Waals surface area contributed by atoms with Crippen molar-refractivity contribution in [2.45, 2.75) is 20.4 Å². The van der Waals surface area contributed by atoms with E-state index in [0.717, 1.165) is 22.0 Å². The number of aromatic nitrogens is 4. The Bertz CT molecular complexity index is 983. The predicted molar refractivity (Wildman–Crippen MR) is 93.0 cm³/mol. The average Bonchev–Trinajstić information content (AvgIpc) is 3.03. The van der Waals surface area contributed by atoms with Gasteiger partial charge in [0.15, 0.2) is 5.78 Å². The molecule has 1 aromatic heterocycles. The maximum atomic E-state index is 14.1. The fraction of sp³-hybridized carbons (Fsp3) is 0.167. The Morgan fingerprint density at radius 2 is 1.96 bits per heavy atom. The first-order valence-electron chi connectivity index (χ1n) is 7.88. The number of Topliss-reactive ketones (excluding diaryl/α,β-unsaturated/α-hetero) is 1. The molecule has 1 N–H and O–H groups in total. The second-order valence-electron chi connectivity index (χ2n) is 5.76. The van der Waals surface area contributed by atoms with E-state index >= 15 is 0 Å². The van der Waals surface area contributed by atoms with E-state index in [4.69, 9.17) is 0 Å². The van der Waals surface area contributed by atoms with Gasteiger partial charge in [0.2, 0.25) is 11.7 Å². The van der Waals surface area contributed by atoms with Crippen molar-refractivity contribution in [1.29, 1.82) is 0 Å². The molecule has 3 aromatic rings. The topological polar surface area (TPSA) is 89.8 Å². The number of hydrogen-bond acceptors (Lipinski definition) is 5. The Morgan fingerprint density at radius 1 is 1.19 bits per heavy atom. The summed E-state index contributed by atoms with van der Waals surface area (Å²) in [5, 5.41) is 14.5. The highest BCUT2D eigenvalue weighted by Crippen LogP contribution is 2.18. The van der Waals surface area contributed by atoms with E-state index in [-0.39, 0.29) is 23.7 Å². The van der Waals surface area contributed by atoms with Gasteiger partial charge in [-0.1, -0.05) is 24.3 Å². The number of nitrogens with zero attached hydrogens (tertiary/aromatic N) is 4. The smallest absolute Gasteiger partial charge is 0.221 e. The zero-order valence-electron chi connectivity index (χ0n) is 14.2. The number of benzene rings is 2. The molecule has 0 saturated heterocycles. The molecule has 0 aliphatic heterocycles. The molecule has 1 amide bonds. The van der Waals surface area contributed by atoms with Gasteiger partial charge in [-0.15, -0.1) is 10.2 Å². The number of carbonyl (C=O) groups is 2. The Hall–Kier alpha value is -3.42. The molecule has 0 radical (unpaired) electrons. The average molecular weight is 353 g/mol. The van der Waals surface area contributed by atoms with Crippen LogP contribution < -0.4 is 5.32 Å². The highest BCUT2D eigenvalue weighted by atomic mass is 19.1. The second-order valence-corrected chi connectivity index (χ2v) is 5.76. The molecule has 2 aromatic carbocycles. The van der Waals surface area contributed by atoms with Crippen LogP contribution in [0.25, 0.3) is 11.4 Å². The fourth-order valence-corrected chi connectivity index (χ4v) is 2.48. The molecule has 0 aliphatic rings. The van der Waals surface area contributed by atoms with Crippen LogP contribution in [0.3, 0.4) is 0 Å². The Morgan fingerprint density at radius 3 is 2.65 bits per heavy atom. The SMILES string of the molecule is CC(=O)Nc1ccc(C(=O)Cn2nnc(-c3ccccc3C)n2)c(F)c1. The Kier molecular flexibility index (Phi) is 4.83. The van der Waals surface area contributed by atoms with Crippen LogP contribution >= 0.6 is 0 Å². The number of hydrogen-bond donors (Lipinski definition) is 1. The summed E-state index contributed by atoms with van der Waals surface area (Å²) in [7, 11) is 0. The summed E-state index contributed by atoms with van der Waals surface area (Å²) in [6, 6.07) is 11.4. The van der Waals surface area contributed by atoms with Crippen molar-refractivity contribution in [3.63, 3.8) is 0 Å². The summed E-state index contributed by atoms with van der Waals surface area (Å²) in [6.45, 7) is 3.00. The van der Waals surface area contributed by atoms with E-state index in [1.807, 2.05) is 31.2 Å². The van der Waals surface area contributed by atoms with Crippen LogP contribution in [-0.2, 0) is 11.3 Å². The van der Waals surface area contributed by atoms with Gasteiger partial charge in [0.1, 0.15) is 12.4 Å². The van der Waals surface area contributed by atoms with Gasteiger partial charge in [-0.3, -0.25) is 9.59 Å². The minimum atomic E-state index is -0.722. The van der Waals surface area contributed by atoms with Gasteiger partial charge in [0.25, 0.3) is 0 Å². The van der Waals surface area contributed by atoms with E-state index < -0.39 is 11.6 Å². The molecule has 0 saturated carbocycles. The van der Waals surface area contributed by atoms with Crippen LogP contribution in [0.2, 0.25) is 0 Å². The maximum absolute atomic E-state index is 14.1.